The van der Waals surface area contributed by atoms with E-state index in [4.69, 9.17) is 17.3 Å². The van der Waals surface area contributed by atoms with E-state index in [0.29, 0.717) is 11.6 Å². The lowest BCUT2D eigenvalue weighted by Gasteiger charge is -2.03. The Morgan fingerprint density at radius 2 is 1.85 bits per heavy atom. The Labute approximate surface area is 122 Å². The standard InChI is InChI=1S/C16H14ClN3/c17-16-8-12(6-7-13(16)9-18)14-10-19-20(11-14)15-4-2-1-3-5-15/h1-8,10-11H,9,18H2. The number of para-hydroxylation sites is 1. The van der Waals surface area contributed by atoms with E-state index < -0.39 is 0 Å². The third-order valence-corrected chi connectivity index (χ3v) is 3.56. The maximum atomic E-state index is 6.20. The summed E-state index contributed by atoms with van der Waals surface area (Å²) in [6.07, 6.45) is 3.82. The van der Waals surface area contributed by atoms with Crippen LogP contribution in [0, 0.1) is 0 Å². The first-order chi connectivity index (χ1) is 9.78. The van der Waals surface area contributed by atoms with Crippen molar-refractivity contribution in [3.63, 3.8) is 0 Å². The summed E-state index contributed by atoms with van der Waals surface area (Å²) in [4.78, 5) is 0. The number of rotatable bonds is 3. The van der Waals surface area contributed by atoms with E-state index in [1.807, 2.05) is 65.6 Å². The van der Waals surface area contributed by atoms with Gasteiger partial charge in [0, 0.05) is 23.3 Å². The Hall–Kier alpha value is -2.10. The fourth-order valence-electron chi connectivity index (χ4n) is 2.09. The molecule has 0 aliphatic carbocycles. The van der Waals surface area contributed by atoms with Crippen molar-refractivity contribution in [3.8, 4) is 16.8 Å². The number of hydrogen-bond acceptors (Lipinski definition) is 2. The molecule has 0 spiro atoms. The molecule has 2 N–H and O–H groups in total. The van der Waals surface area contributed by atoms with Gasteiger partial charge < -0.3 is 5.73 Å². The molecule has 0 aliphatic rings. The van der Waals surface area contributed by atoms with Gasteiger partial charge in [-0.1, -0.05) is 41.9 Å². The van der Waals surface area contributed by atoms with Crippen molar-refractivity contribution in [2.45, 2.75) is 6.54 Å². The van der Waals surface area contributed by atoms with Crippen LogP contribution in [0.1, 0.15) is 5.56 Å². The normalized spacial score (nSPS) is 10.7. The first-order valence-electron chi connectivity index (χ1n) is 6.37. The molecular formula is C16H14ClN3. The number of aromatic nitrogens is 2. The zero-order chi connectivity index (χ0) is 13.9. The molecule has 3 rings (SSSR count). The van der Waals surface area contributed by atoms with Gasteiger partial charge in [0.2, 0.25) is 0 Å². The molecule has 2 aromatic carbocycles. The van der Waals surface area contributed by atoms with E-state index in [9.17, 15) is 0 Å². The fourth-order valence-corrected chi connectivity index (χ4v) is 2.34. The summed E-state index contributed by atoms with van der Waals surface area (Å²) in [6, 6.07) is 15.9. The van der Waals surface area contributed by atoms with Crippen LogP contribution >= 0.6 is 11.6 Å². The zero-order valence-corrected chi connectivity index (χ0v) is 11.6. The molecule has 0 amide bonds. The third kappa shape index (κ3) is 2.46. The van der Waals surface area contributed by atoms with Gasteiger partial charge in [-0.2, -0.15) is 5.10 Å². The van der Waals surface area contributed by atoms with Crippen LogP contribution in [0.25, 0.3) is 16.8 Å². The largest absolute Gasteiger partial charge is 0.326 e. The van der Waals surface area contributed by atoms with Crippen molar-refractivity contribution in [1.29, 1.82) is 0 Å². The maximum Gasteiger partial charge on any atom is 0.0645 e. The first-order valence-corrected chi connectivity index (χ1v) is 6.74. The number of hydrogen-bond donors (Lipinski definition) is 1. The molecule has 0 fully saturated rings. The van der Waals surface area contributed by atoms with Crippen LogP contribution in [0.4, 0.5) is 0 Å². The maximum absolute atomic E-state index is 6.20. The van der Waals surface area contributed by atoms with Crippen LogP contribution in [0.2, 0.25) is 5.02 Å². The second-order valence-corrected chi connectivity index (χ2v) is 4.93. The topological polar surface area (TPSA) is 43.8 Å². The van der Waals surface area contributed by atoms with Crippen molar-refractivity contribution in [3.05, 3.63) is 71.5 Å². The minimum absolute atomic E-state index is 0.447. The molecule has 100 valence electrons. The molecular weight excluding hydrogens is 270 g/mol. The molecule has 0 bridgehead atoms. The average Bonchev–Trinajstić information content (AvgIpc) is 2.98. The molecule has 20 heavy (non-hydrogen) atoms. The summed E-state index contributed by atoms with van der Waals surface area (Å²) in [5.74, 6) is 0. The SMILES string of the molecule is NCc1ccc(-c2cnn(-c3ccccc3)c2)cc1Cl. The van der Waals surface area contributed by atoms with E-state index in [1.165, 1.54) is 0 Å². The Morgan fingerprint density at radius 1 is 1.05 bits per heavy atom. The summed E-state index contributed by atoms with van der Waals surface area (Å²) in [5, 5.41) is 5.08. The second-order valence-electron chi connectivity index (χ2n) is 4.52. The summed E-state index contributed by atoms with van der Waals surface area (Å²) < 4.78 is 1.85. The monoisotopic (exact) mass is 283 g/mol. The van der Waals surface area contributed by atoms with Gasteiger partial charge in [0.15, 0.2) is 0 Å². The lowest BCUT2D eigenvalue weighted by atomic mass is 10.1. The molecule has 3 aromatic rings. The van der Waals surface area contributed by atoms with Crippen LogP contribution in [0.3, 0.4) is 0 Å². The fraction of sp³-hybridized carbons (Fsp3) is 0.0625. The van der Waals surface area contributed by atoms with Crippen LogP contribution in [-0.2, 0) is 6.54 Å². The third-order valence-electron chi connectivity index (χ3n) is 3.21. The van der Waals surface area contributed by atoms with Gasteiger partial charge in [-0.15, -0.1) is 0 Å². The van der Waals surface area contributed by atoms with Crippen LogP contribution in [-0.4, -0.2) is 9.78 Å². The highest BCUT2D eigenvalue weighted by Crippen LogP contribution is 2.25. The van der Waals surface area contributed by atoms with Gasteiger partial charge in [0.25, 0.3) is 0 Å². The van der Waals surface area contributed by atoms with Gasteiger partial charge >= 0.3 is 0 Å². The average molecular weight is 284 g/mol. The van der Waals surface area contributed by atoms with E-state index in [1.54, 1.807) is 0 Å². The second kappa shape index (κ2) is 5.49. The Kier molecular flexibility index (Phi) is 3.54. The Morgan fingerprint density at radius 3 is 2.55 bits per heavy atom. The minimum atomic E-state index is 0.447. The summed E-state index contributed by atoms with van der Waals surface area (Å²) in [6.45, 7) is 0.447. The molecule has 0 unspecified atom stereocenters. The van der Waals surface area contributed by atoms with Crippen LogP contribution < -0.4 is 5.73 Å². The molecule has 4 heteroatoms. The van der Waals surface area contributed by atoms with Gasteiger partial charge in [-0.3, -0.25) is 0 Å². The summed E-state index contributed by atoms with van der Waals surface area (Å²) in [7, 11) is 0. The number of benzene rings is 2. The van der Waals surface area contributed by atoms with Gasteiger partial charge in [0.05, 0.1) is 11.9 Å². The van der Waals surface area contributed by atoms with Crippen molar-refractivity contribution < 1.29 is 0 Å². The molecule has 1 heterocycles. The van der Waals surface area contributed by atoms with E-state index in [2.05, 4.69) is 5.10 Å². The molecule has 3 nitrogen and oxygen atoms in total. The van der Waals surface area contributed by atoms with Gasteiger partial charge in [0.1, 0.15) is 0 Å². The lowest BCUT2D eigenvalue weighted by molar-refractivity contribution is 0.881. The van der Waals surface area contributed by atoms with Crippen LogP contribution in [0.5, 0.6) is 0 Å². The highest BCUT2D eigenvalue weighted by molar-refractivity contribution is 6.31. The minimum Gasteiger partial charge on any atom is -0.326 e. The summed E-state index contributed by atoms with van der Waals surface area (Å²) in [5.41, 5.74) is 9.66. The number of nitrogens with zero attached hydrogens (tertiary/aromatic N) is 2. The molecule has 1 aromatic heterocycles. The van der Waals surface area contributed by atoms with Crippen molar-refractivity contribution in [2.24, 2.45) is 5.73 Å². The predicted octanol–water partition coefficient (Wildman–Crippen LogP) is 3.65. The van der Waals surface area contributed by atoms with Crippen molar-refractivity contribution >= 4 is 11.6 Å². The number of nitrogens with two attached hydrogens (primary N) is 1. The quantitative estimate of drug-likeness (QED) is 0.797. The summed E-state index contributed by atoms with van der Waals surface area (Å²) >= 11 is 6.20. The molecule has 0 saturated heterocycles. The van der Waals surface area contributed by atoms with Crippen molar-refractivity contribution in [2.75, 3.05) is 0 Å². The van der Waals surface area contributed by atoms with E-state index in [0.717, 1.165) is 22.4 Å². The first kappa shape index (κ1) is 12.9. The lowest BCUT2D eigenvalue weighted by Crippen LogP contribution is -1.96. The van der Waals surface area contributed by atoms with Crippen LogP contribution in [0.15, 0.2) is 60.9 Å². The van der Waals surface area contributed by atoms with Crippen molar-refractivity contribution in [1.82, 2.24) is 9.78 Å². The van der Waals surface area contributed by atoms with E-state index >= 15 is 0 Å². The smallest absolute Gasteiger partial charge is 0.0645 e. The highest BCUT2D eigenvalue weighted by Gasteiger charge is 2.06. The molecule has 0 saturated carbocycles. The number of halogens is 1. The Bertz CT molecular complexity index is 720. The predicted molar refractivity (Wildman–Crippen MR) is 81.9 cm³/mol. The molecule has 0 radical (unpaired) electrons. The highest BCUT2D eigenvalue weighted by atomic mass is 35.5. The van der Waals surface area contributed by atoms with Gasteiger partial charge in [-0.05, 0) is 29.3 Å². The zero-order valence-electron chi connectivity index (χ0n) is 10.8. The van der Waals surface area contributed by atoms with E-state index in [-0.39, 0.29) is 0 Å². The Balaban J connectivity index is 1.96. The van der Waals surface area contributed by atoms with Gasteiger partial charge in [-0.25, -0.2) is 4.68 Å². The molecule has 0 aliphatic heterocycles. The molecule has 0 atom stereocenters.